The van der Waals surface area contributed by atoms with E-state index in [1.54, 1.807) is 75.1 Å². The number of halogens is 1. The number of amides is 3. The largest absolute Gasteiger partial charge is 0.439 e. The number of benzene rings is 3. The maximum atomic E-state index is 15.2. The number of aromatic nitrogens is 15. The Labute approximate surface area is 620 Å². The van der Waals surface area contributed by atoms with Crippen LogP contribution in [0.2, 0.25) is 0 Å². The van der Waals surface area contributed by atoms with E-state index in [9.17, 15) is 14.4 Å². The summed E-state index contributed by atoms with van der Waals surface area (Å²) in [4.78, 5) is 83.4. The van der Waals surface area contributed by atoms with Gasteiger partial charge in [-0.25, -0.2) is 53.9 Å². The number of pyridine rings is 3. The molecule has 0 bridgehead atoms. The Morgan fingerprint density at radius 2 is 0.889 bits per heavy atom. The van der Waals surface area contributed by atoms with E-state index in [4.69, 9.17) is 51.8 Å². The quantitative estimate of drug-likeness (QED) is 0.0581. The number of hydrogen-bond acceptors (Lipinski definition) is 23. The molecule has 0 aliphatic carbocycles. The van der Waals surface area contributed by atoms with Gasteiger partial charge in [-0.1, -0.05) is 72.4 Å². The summed E-state index contributed by atoms with van der Waals surface area (Å²) in [7, 11) is 3.84. The average Bonchev–Trinajstić information content (AvgIpc) is 1.61. The van der Waals surface area contributed by atoms with Gasteiger partial charge in [0.15, 0.2) is 16.9 Å². The minimum atomic E-state index is -0.757. The molecule has 9 aromatic heterocycles. The predicted octanol–water partition coefficient (Wildman–Crippen LogP) is 9.39. The fraction of sp³-hybridized carbons (Fsp3) is 0.269. The number of nitrogen functional groups attached to an aromatic ring is 3. The van der Waals surface area contributed by atoms with E-state index in [0.717, 1.165) is 49.7 Å². The number of ether oxygens (including phenoxy) is 3. The molecule has 12 aromatic rings. The highest BCUT2D eigenvalue weighted by Gasteiger charge is 2.33. The first-order valence-electron chi connectivity index (χ1n) is 35.0. The molecule has 3 saturated heterocycles. The van der Waals surface area contributed by atoms with Crippen LogP contribution >= 0.6 is 0 Å². The van der Waals surface area contributed by atoms with Crippen molar-refractivity contribution in [2.24, 2.45) is 0 Å². The first kappa shape index (κ1) is 72.8. The van der Waals surface area contributed by atoms with Gasteiger partial charge in [0.1, 0.15) is 70.8 Å². The van der Waals surface area contributed by atoms with Crippen molar-refractivity contribution in [3.63, 3.8) is 0 Å². The summed E-state index contributed by atoms with van der Waals surface area (Å²) >= 11 is 0. The second kappa shape index (κ2) is 34.0. The van der Waals surface area contributed by atoms with Gasteiger partial charge in [-0.05, 0) is 132 Å². The summed E-state index contributed by atoms with van der Waals surface area (Å²) in [5, 5.41) is 25.1. The molecule has 3 amide bonds. The van der Waals surface area contributed by atoms with Gasteiger partial charge in [0.05, 0.1) is 53.0 Å². The number of anilines is 3. The highest BCUT2D eigenvalue weighted by molar-refractivity contribution is 6.01. The lowest BCUT2D eigenvalue weighted by molar-refractivity contribution is -0.127. The molecule has 3 aliphatic heterocycles. The van der Waals surface area contributed by atoms with Crippen LogP contribution in [0.15, 0.2) is 159 Å². The molecule has 3 aromatic carbocycles. The molecule has 3 aliphatic rings. The number of likely N-dealkylation sites (tertiary alicyclic amines) is 3. The number of fused-ring (bicyclic) bond motifs is 3. The number of rotatable bonds is 14. The Morgan fingerprint density at radius 3 is 1.28 bits per heavy atom. The minimum Gasteiger partial charge on any atom is -0.439 e. The molecule has 3 atom stereocenters. The van der Waals surface area contributed by atoms with Crippen LogP contribution in [-0.2, 0) is 14.4 Å². The Kier molecular flexibility index (Phi) is 22.9. The number of piperidine rings is 3. The highest BCUT2D eigenvalue weighted by atomic mass is 19.1. The van der Waals surface area contributed by atoms with Crippen molar-refractivity contribution in [1.82, 2.24) is 93.8 Å². The molecule has 12 heterocycles. The summed E-state index contributed by atoms with van der Waals surface area (Å²) in [6, 6.07) is 38.0. The summed E-state index contributed by atoms with van der Waals surface area (Å²) in [5.74, 6) is 18.7. The fourth-order valence-corrected chi connectivity index (χ4v) is 12.8. The molecule has 30 heteroatoms. The van der Waals surface area contributed by atoms with E-state index in [0.29, 0.717) is 131 Å². The maximum Gasteiger partial charge on any atom is 0.298 e. The van der Waals surface area contributed by atoms with Gasteiger partial charge in [-0.15, -0.1) is 0 Å². The molecule has 7 N–H and O–H groups in total. The SMILES string of the molecule is CC#CC(=O)N1CCC[C@@H](n2nc(-c3ccc(Oc4ccccc4)nc3F)c3c(N)ncnc32)C1.CN(C)CC#CC(=O)N1CCC[C@@H](n2nc(-c3ccc(Oc4ccccc4)nc3)c3c(N)ncnc32)C1.Nc1ncnc2c1c(-c1ccc(Oc3ccccc3)nc1)nn2[C@@H]1CCCN(C(=O)C#CCCO)C1. The number of carbonyl (C=O) groups excluding carboxylic acids is 3. The topological polar surface area (TPSA) is 360 Å². The zero-order chi connectivity index (χ0) is 75.0. The molecule has 0 spiro atoms. The monoisotopic (exact) mass is 1450 g/mol. The van der Waals surface area contributed by atoms with Gasteiger partial charge >= 0.3 is 0 Å². The van der Waals surface area contributed by atoms with E-state index in [-0.39, 0.29) is 71.8 Å². The fourth-order valence-electron chi connectivity index (χ4n) is 12.8. The van der Waals surface area contributed by atoms with Crippen molar-refractivity contribution >= 4 is 68.3 Å². The van der Waals surface area contributed by atoms with Gasteiger partial charge in [0.2, 0.25) is 23.6 Å². The summed E-state index contributed by atoms with van der Waals surface area (Å²) < 4.78 is 37.9. The van der Waals surface area contributed by atoms with E-state index in [2.05, 4.69) is 80.4 Å². The third kappa shape index (κ3) is 17.0. The first-order valence-corrected chi connectivity index (χ1v) is 35.0. The average molecular weight is 1450 g/mol. The zero-order valence-corrected chi connectivity index (χ0v) is 59.4. The number of carbonyl (C=O) groups is 3. The lowest BCUT2D eigenvalue weighted by atomic mass is 10.1. The van der Waals surface area contributed by atoms with E-state index in [1.165, 1.54) is 19.0 Å². The van der Waals surface area contributed by atoms with E-state index < -0.39 is 5.95 Å². The Hall–Kier alpha value is -13.5. The number of aliphatic hydroxyl groups excluding tert-OH is 1. The van der Waals surface area contributed by atoms with Crippen molar-refractivity contribution in [2.45, 2.75) is 70.0 Å². The van der Waals surface area contributed by atoms with Crippen LogP contribution in [0.1, 0.15) is 70.0 Å². The number of nitrogens with two attached hydrogens (primary N) is 3. The molecule has 0 saturated carbocycles. The van der Waals surface area contributed by atoms with Gasteiger partial charge in [-0.2, -0.15) is 24.7 Å². The zero-order valence-electron chi connectivity index (χ0n) is 59.4. The molecule has 29 nitrogen and oxygen atoms in total. The van der Waals surface area contributed by atoms with Crippen molar-refractivity contribution in [3.8, 4) is 104 Å². The normalized spacial score (nSPS) is 15.4. The molecule has 546 valence electrons. The lowest BCUT2D eigenvalue weighted by Gasteiger charge is -2.31. The number of para-hydroxylation sites is 3. The lowest BCUT2D eigenvalue weighted by Crippen LogP contribution is -2.40. The van der Waals surface area contributed by atoms with Gasteiger partial charge < -0.3 is 51.2 Å². The summed E-state index contributed by atoms with van der Waals surface area (Å²) in [5.41, 5.74) is 23.6. The molecule has 0 unspecified atom stereocenters. The van der Waals surface area contributed by atoms with E-state index >= 15 is 4.39 Å². The Bertz CT molecular complexity index is 5400. The van der Waals surface area contributed by atoms with E-state index in [1.807, 2.05) is 119 Å². The van der Waals surface area contributed by atoms with Gasteiger partial charge in [0.25, 0.3) is 17.7 Å². The Morgan fingerprint density at radius 1 is 0.500 bits per heavy atom. The van der Waals surface area contributed by atoms with Crippen molar-refractivity contribution in [2.75, 3.05) is 83.7 Å². The minimum absolute atomic E-state index is 0.0625. The number of nitrogens with zero attached hydrogens (tertiary/aromatic N) is 19. The standard InChI is InChI=1S/C27H28N8O2.C26H25N7O3.C25H22FN7O2/c1-33(2)14-7-11-23(36)34-15-6-8-20(17-34)35-27-24(26(28)30-18-31-27)25(32-35)19-12-13-22(29-16-19)37-21-9-4-3-5-10-21;27-25-23-24(18-11-12-21(28-15-18)36-20-8-2-1-3-9-20)31-33(26(23)30-17-29-25)19-7-6-13-32(16-19)22(35)10-4-5-14-34;1-2-7-20(34)32-13-6-8-16(14-32)33-25-21(24(27)28-15-29-25)22(31-33)18-11-12-19(30-23(18)26)35-17-9-4-3-5-10-17/h3-5,9-10,12-13,16,18,20H,6,8,14-15,17H2,1-2H3,(H2,28,30,31);1-3,8-9,11-12,15,17,19,34H,5-7,13-14,16H2,(H2,27,29,30);3-5,9-12,15-16H,6,8,13-14H2,1H3,(H2,27,28,29)/t20-;19-;16-/m111/s1. The van der Waals surface area contributed by atoms with Crippen molar-refractivity contribution < 1.29 is 38.1 Å². The molecular formula is C78H75FN22O7. The molecule has 3 fully saturated rings. The van der Waals surface area contributed by atoms with Crippen LogP contribution in [0.4, 0.5) is 21.8 Å². The van der Waals surface area contributed by atoms with Crippen LogP contribution in [0.25, 0.3) is 66.9 Å². The molecule has 15 rings (SSSR count). The van der Waals surface area contributed by atoms with Crippen LogP contribution < -0.4 is 31.4 Å². The maximum absolute atomic E-state index is 15.2. The van der Waals surface area contributed by atoms with Crippen LogP contribution in [0, 0.1) is 41.5 Å². The van der Waals surface area contributed by atoms with Crippen LogP contribution in [0.5, 0.6) is 34.9 Å². The van der Waals surface area contributed by atoms with Crippen molar-refractivity contribution in [1.29, 1.82) is 0 Å². The molecule has 0 radical (unpaired) electrons. The highest BCUT2D eigenvalue weighted by Crippen LogP contribution is 2.39. The van der Waals surface area contributed by atoms with Crippen LogP contribution in [-0.4, -0.2) is 183 Å². The van der Waals surface area contributed by atoms with Crippen LogP contribution in [0.3, 0.4) is 0 Å². The molecule has 108 heavy (non-hydrogen) atoms. The molecular weight excluding hydrogens is 1380 g/mol. The predicted molar refractivity (Wildman–Crippen MR) is 402 cm³/mol. The van der Waals surface area contributed by atoms with Gasteiger partial charge in [0, 0.05) is 87.4 Å². The third-order valence-electron chi connectivity index (χ3n) is 17.9. The Balaban J connectivity index is 0.000000143. The summed E-state index contributed by atoms with van der Waals surface area (Å²) in [6.45, 7) is 5.38. The number of aliphatic hydroxyl groups is 1. The smallest absolute Gasteiger partial charge is 0.298 e. The number of hydrogen-bond donors (Lipinski definition) is 4. The summed E-state index contributed by atoms with van der Waals surface area (Å²) in [6.07, 6.45) is 12.8. The second-order valence-electron chi connectivity index (χ2n) is 25.6. The van der Waals surface area contributed by atoms with Gasteiger partial charge in [-0.3, -0.25) is 19.3 Å². The third-order valence-corrected chi connectivity index (χ3v) is 17.9. The van der Waals surface area contributed by atoms with Crippen molar-refractivity contribution in [3.05, 3.63) is 165 Å². The second-order valence-corrected chi connectivity index (χ2v) is 25.6. The first-order chi connectivity index (χ1) is 52.7.